The van der Waals surface area contributed by atoms with Crippen LogP contribution in [0.4, 0.5) is 0 Å². The molecule has 2 aromatic carbocycles. The molecule has 26 heavy (non-hydrogen) atoms. The summed E-state index contributed by atoms with van der Waals surface area (Å²) in [7, 11) is 1.36. The second-order valence-electron chi connectivity index (χ2n) is 6.21. The molecule has 0 aliphatic carbocycles. The molecule has 0 unspecified atom stereocenters. The van der Waals surface area contributed by atoms with E-state index in [1.165, 1.54) is 29.3 Å². The van der Waals surface area contributed by atoms with E-state index in [-0.39, 0.29) is 5.97 Å². The highest BCUT2D eigenvalue weighted by atomic mass is 35.5. The summed E-state index contributed by atoms with van der Waals surface area (Å²) >= 11 is 5.86. The van der Waals surface area contributed by atoms with E-state index >= 15 is 0 Å². The summed E-state index contributed by atoms with van der Waals surface area (Å²) in [6.07, 6.45) is 0.935. The van der Waals surface area contributed by atoms with Gasteiger partial charge in [0.25, 0.3) is 0 Å². The molecule has 1 aromatic heterocycles. The summed E-state index contributed by atoms with van der Waals surface area (Å²) in [5.41, 5.74) is 4.13. The van der Waals surface area contributed by atoms with Crippen LogP contribution in [-0.2, 0) is 11.3 Å². The highest BCUT2D eigenvalue weighted by Gasteiger charge is 2.12. The molecule has 0 saturated heterocycles. The van der Waals surface area contributed by atoms with Crippen molar-refractivity contribution >= 4 is 28.5 Å². The lowest BCUT2D eigenvalue weighted by Gasteiger charge is -2.09. The normalized spacial score (nSPS) is 10.9. The Hall–Kier alpha value is -2.46. The molecule has 0 aliphatic rings. The van der Waals surface area contributed by atoms with Crippen molar-refractivity contribution in [3.63, 3.8) is 0 Å². The van der Waals surface area contributed by atoms with E-state index in [0.29, 0.717) is 17.2 Å². The number of carbonyl (C=O) groups excluding carboxylic acids is 1. The predicted octanol–water partition coefficient (Wildman–Crippen LogP) is 5.47. The first kappa shape index (κ1) is 18.3. The van der Waals surface area contributed by atoms with Gasteiger partial charge in [0.2, 0.25) is 0 Å². The van der Waals surface area contributed by atoms with Gasteiger partial charge in [-0.05, 0) is 62.2 Å². The van der Waals surface area contributed by atoms with Crippen LogP contribution in [0, 0.1) is 13.8 Å². The molecule has 0 N–H and O–H groups in total. The number of benzene rings is 2. The summed E-state index contributed by atoms with van der Waals surface area (Å²) in [6, 6.07) is 13.0. The van der Waals surface area contributed by atoms with E-state index in [4.69, 9.17) is 21.1 Å². The van der Waals surface area contributed by atoms with Crippen LogP contribution in [0.15, 0.2) is 42.5 Å². The fourth-order valence-corrected chi connectivity index (χ4v) is 3.26. The first-order chi connectivity index (χ1) is 12.5. The van der Waals surface area contributed by atoms with Crippen molar-refractivity contribution in [2.75, 3.05) is 13.0 Å². The molecule has 0 saturated carbocycles. The summed E-state index contributed by atoms with van der Waals surface area (Å²) in [5.74, 6) is 1.60. The fraction of sp³-hybridized carbons (Fsp3) is 0.286. The van der Waals surface area contributed by atoms with Gasteiger partial charge in [-0.2, -0.15) is 0 Å². The quantitative estimate of drug-likeness (QED) is 0.426. The lowest BCUT2D eigenvalue weighted by molar-refractivity contribution is 0.0600. The number of halogens is 1. The third kappa shape index (κ3) is 3.56. The number of hydrogen-bond acceptors (Lipinski definition) is 3. The van der Waals surface area contributed by atoms with Gasteiger partial charge < -0.3 is 14.0 Å². The molecular formula is C21H22ClNO3. The molecule has 136 valence electrons. The molecule has 0 spiro atoms. The van der Waals surface area contributed by atoms with E-state index in [9.17, 15) is 4.79 Å². The Morgan fingerprint density at radius 1 is 1.12 bits per heavy atom. The minimum Gasteiger partial charge on any atom is -0.465 e. The van der Waals surface area contributed by atoms with Crippen molar-refractivity contribution in [2.45, 2.75) is 26.8 Å². The molecule has 3 aromatic rings. The Kier molecular flexibility index (Phi) is 5.52. The molecule has 5 heteroatoms. The minimum absolute atomic E-state index is 0.381. The van der Waals surface area contributed by atoms with Gasteiger partial charge in [-0.1, -0.05) is 6.07 Å². The standard InChI is InChI=1S/C21H22ClNO3/c1-14-15(2)23(11-5-10-22)20-9-8-18(13-19(14)20)26-17-7-4-6-16(12-17)21(24)25-3/h4,6-9,12-13H,5,10-11H2,1-3H3. The Labute approximate surface area is 158 Å². The summed E-state index contributed by atoms with van der Waals surface area (Å²) < 4.78 is 13.0. The first-order valence-electron chi connectivity index (χ1n) is 8.56. The molecule has 0 atom stereocenters. The number of esters is 1. The molecule has 3 rings (SSSR count). The average Bonchev–Trinajstić information content (AvgIpc) is 2.90. The van der Waals surface area contributed by atoms with Gasteiger partial charge in [-0.25, -0.2) is 4.79 Å². The van der Waals surface area contributed by atoms with Crippen LogP contribution < -0.4 is 4.74 Å². The number of nitrogens with zero attached hydrogens (tertiary/aromatic N) is 1. The number of alkyl halides is 1. The Morgan fingerprint density at radius 2 is 1.88 bits per heavy atom. The second kappa shape index (κ2) is 7.83. The van der Waals surface area contributed by atoms with E-state index in [1.807, 2.05) is 18.2 Å². The van der Waals surface area contributed by atoms with Crippen LogP contribution in [0.1, 0.15) is 28.0 Å². The number of aryl methyl sites for hydroxylation is 2. The Morgan fingerprint density at radius 3 is 2.62 bits per heavy atom. The third-order valence-corrected chi connectivity index (χ3v) is 4.88. The van der Waals surface area contributed by atoms with Crippen LogP contribution in [-0.4, -0.2) is 23.5 Å². The van der Waals surface area contributed by atoms with Gasteiger partial charge in [-0.3, -0.25) is 0 Å². The van der Waals surface area contributed by atoms with Crippen molar-refractivity contribution in [2.24, 2.45) is 0 Å². The maximum atomic E-state index is 11.7. The van der Waals surface area contributed by atoms with Crippen LogP contribution in [0.2, 0.25) is 0 Å². The maximum Gasteiger partial charge on any atom is 0.337 e. The SMILES string of the molecule is COC(=O)c1cccc(Oc2ccc3c(c2)c(C)c(C)n3CCCCl)c1. The zero-order valence-corrected chi connectivity index (χ0v) is 16.0. The Bertz CT molecular complexity index is 946. The highest BCUT2D eigenvalue weighted by Crippen LogP contribution is 2.31. The molecule has 0 amide bonds. The van der Waals surface area contributed by atoms with Crippen LogP contribution >= 0.6 is 11.6 Å². The molecule has 0 bridgehead atoms. The van der Waals surface area contributed by atoms with Crippen LogP contribution in [0.3, 0.4) is 0 Å². The van der Waals surface area contributed by atoms with E-state index in [0.717, 1.165) is 18.7 Å². The number of fused-ring (bicyclic) bond motifs is 1. The molecule has 0 fully saturated rings. The number of rotatable bonds is 6. The lowest BCUT2D eigenvalue weighted by atomic mass is 10.1. The van der Waals surface area contributed by atoms with Gasteiger partial charge in [0.15, 0.2) is 0 Å². The number of hydrogen-bond donors (Lipinski definition) is 0. The van der Waals surface area contributed by atoms with Crippen molar-refractivity contribution in [3.05, 3.63) is 59.3 Å². The largest absolute Gasteiger partial charge is 0.465 e. The molecular weight excluding hydrogens is 350 g/mol. The predicted molar refractivity (Wildman–Crippen MR) is 105 cm³/mol. The molecule has 1 heterocycles. The van der Waals surface area contributed by atoms with E-state index in [2.05, 4.69) is 24.5 Å². The van der Waals surface area contributed by atoms with Crippen molar-refractivity contribution in [3.8, 4) is 11.5 Å². The van der Waals surface area contributed by atoms with Gasteiger partial charge >= 0.3 is 5.97 Å². The molecule has 0 radical (unpaired) electrons. The molecule has 0 aliphatic heterocycles. The number of ether oxygens (including phenoxy) is 2. The zero-order chi connectivity index (χ0) is 18.7. The summed E-state index contributed by atoms with van der Waals surface area (Å²) in [4.78, 5) is 11.7. The fourth-order valence-electron chi connectivity index (χ4n) is 3.14. The number of methoxy groups -OCH3 is 1. The summed E-state index contributed by atoms with van der Waals surface area (Å²) in [5, 5.41) is 1.17. The smallest absolute Gasteiger partial charge is 0.337 e. The highest BCUT2D eigenvalue weighted by molar-refractivity contribution is 6.17. The summed E-state index contributed by atoms with van der Waals surface area (Å²) in [6.45, 7) is 5.15. The monoisotopic (exact) mass is 371 g/mol. The van der Waals surface area contributed by atoms with Gasteiger partial charge in [-0.15, -0.1) is 11.6 Å². The van der Waals surface area contributed by atoms with Gasteiger partial charge in [0, 0.05) is 29.0 Å². The zero-order valence-electron chi connectivity index (χ0n) is 15.2. The number of aromatic nitrogens is 1. The third-order valence-electron chi connectivity index (χ3n) is 4.62. The topological polar surface area (TPSA) is 40.5 Å². The minimum atomic E-state index is -0.381. The lowest BCUT2D eigenvalue weighted by Crippen LogP contribution is -2.01. The van der Waals surface area contributed by atoms with Gasteiger partial charge in [0.05, 0.1) is 12.7 Å². The van der Waals surface area contributed by atoms with Crippen molar-refractivity contribution in [1.82, 2.24) is 4.57 Å². The maximum absolute atomic E-state index is 11.7. The second-order valence-corrected chi connectivity index (χ2v) is 6.58. The average molecular weight is 372 g/mol. The van der Waals surface area contributed by atoms with Crippen molar-refractivity contribution in [1.29, 1.82) is 0 Å². The van der Waals surface area contributed by atoms with Crippen LogP contribution in [0.5, 0.6) is 11.5 Å². The number of carbonyl (C=O) groups is 1. The first-order valence-corrected chi connectivity index (χ1v) is 9.10. The molecule has 4 nitrogen and oxygen atoms in total. The van der Waals surface area contributed by atoms with E-state index in [1.54, 1.807) is 18.2 Å². The van der Waals surface area contributed by atoms with Crippen LogP contribution in [0.25, 0.3) is 10.9 Å². The van der Waals surface area contributed by atoms with Crippen molar-refractivity contribution < 1.29 is 14.3 Å². The van der Waals surface area contributed by atoms with Gasteiger partial charge in [0.1, 0.15) is 11.5 Å². The van der Waals surface area contributed by atoms with E-state index < -0.39 is 0 Å². The Balaban J connectivity index is 1.93.